The molecule has 0 radical (unpaired) electrons. The monoisotopic (exact) mass is 398 g/mol. The number of nitrogens with one attached hydrogen (secondary N) is 2. The second-order valence-corrected chi connectivity index (χ2v) is 8.96. The summed E-state index contributed by atoms with van der Waals surface area (Å²) in [5.41, 5.74) is 2.21. The summed E-state index contributed by atoms with van der Waals surface area (Å²) in [6.07, 6.45) is 1.12. The molecule has 0 aliphatic carbocycles. The van der Waals surface area contributed by atoms with Gasteiger partial charge in [-0.05, 0) is 36.8 Å². The number of carbonyl (C=O) groups excluding carboxylic acids is 1. The highest BCUT2D eigenvalue weighted by atomic mass is 32.2. The third kappa shape index (κ3) is 4.12. The van der Waals surface area contributed by atoms with Gasteiger partial charge in [0.05, 0.1) is 10.6 Å². The third-order valence-corrected chi connectivity index (χ3v) is 5.46. The molecule has 0 bridgehead atoms. The Kier molecular flexibility index (Phi) is 5.33. The summed E-state index contributed by atoms with van der Waals surface area (Å²) in [4.78, 5) is 17.4. The van der Waals surface area contributed by atoms with Gasteiger partial charge in [0, 0.05) is 23.3 Å². The fourth-order valence-corrected chi connectivity index (χ4v) is 3.35. The van der Waals surface area contributed by atoms with Gasteiger partial charge in [0.2, 0.25) is 0 Å². The highest BCUT2D eigenvalue weighted by molar-refractivity contribution is 7.90. The van der Waals surface area contributed by atoms with E-state index in [-0.39, 0.29) is 10.8 Å². The lowest BCUT2D eigenvalue weighted by atomic mass is 10.1. The minimum absolute atomic E-state index is 0.104. The van der Waals surface area contributed by atoms with Crippen LogP contribution in [0.15, 0.2) is 47.4 Å². The molecule has 2 aromatic carbocycles. The van der Waals surface area contributed by atoms with Crippen LogP contribution in [0.2, 0.25) is 0 Å². The number of aromatic amines is 1. The van der Waals surface area contributed by atoms with Crippen molar-refractivity contribution in [1.82, 2.24) is 15.2 Å². The SMILES string of the molecule is Cc1ccc(S(C)(=O)=O)cc1C(=O)Nc1ccccc1-c1n[nH]c(C(C)C)n1. The number of benzene rings is 2. The maximum Gasteiger partial charge on any atom is 0.255 e. The molecule has 0 unspecified atom stereocenters. The molecule has 7 nitrogen and oxygen atoms in total. The summed E-state index contributed by atoms with van der Waals surface area (Å²) in [7, 11) is -3.41. The second kappa shape index (κ2) is 7.55. The average Bonchev–Trinajstić information content (AvgIpc) is 3.11. The predicted octanol–water partition coefficient (Wildman–Crippen LogP) is 3.56. The number of para-hydroxylation sites is 1. The molecule has 28 heavy (non-hydrogen) atoms. The first-order valence-corrected chi connectivity index (χ1v) is 10.7. The van der Waals surface area contributed by atoms with Crippen molar-refractivity contribution in [3.8, 4) is 11.4 Å². The van der Waals surface area contributed by atoms with Gasteiger partial charge in [-0.15, -0.1) is 0 Å². The van der Waals surface area contributed by atoms with Crippen LogP contribution in [0.1, 0.15) is 41.5 Å². The quantitative estimate of drug-likeness (QED) is 0.684. The van der Waals surface area contributed by atoms with Gasteiger partial charge in [0.25, 0.3) is 5.91 Å². The molecule has 3 aromatic rings. The highest BCUT2D eigenvalue weighted by Crippen LogP contribution is 2.27. The predicted molar refractivity (Wildman–Crippen MR) is 108 cm³/mol. The number of nitrogens with zero attached hydrogens (tertiary/aromatic N) is 2. The number of rotatable bonds is 5. The first-order valence-electron chi connectivity index (χ1n) is 8.80. The summed E-state index contributed by atoms with van der Waals surface area (Å²) in [6, 6.07) is 11.7. The van der Waals surface area contributed by atoms with E-state index in [0.717, 1.165) is 12.1 Å². The standard InChI is InChI=1S/C20H22N4O3S/c1-12(2)18-22-19(24-23-18)15-7-5-6-8-17(15)21-20(25)16-11-14(28(4,26)27)10-9-13(16)3/h5-12H,1-4H3,(H,21,25)(H,22,23,24). The van der Waals surface area contributed by atoms with Crippen molar-refractivity contribution >= 4 is 21.4 Å². The van der Waals surface area contributed by atoms with Gasteiger partial charge in [-0.2, -0.15) is 5.10 Å². The van der Waals surface area contributed by atoms with Crippen molar-refractivity contribution in [3.63, 3.8) is 0 Å². The number of aryl methyl sites for hydroxylation is 1. The Balaban J connectivity index is 1.96. The van der Waals surface area contributed by atoms with Gasteiger partial charge < -0.3 is 5.32 Å². The number of anilines is 1. The molecule has 8 heteroatoms. The number of aromatic nitrogens is 3. The van der Waals surface area contributed by atoms with Crippen LogP contribution in [-0.4, -0.2) is 35.8 Å². The van der Waals surface area contributed by atoms with E-state index in [4.69, 9.17) is 0 Å². The number of amides is 1. The zero-order chi connectivity index (χ0) is 20.5. The van der Waals surface area contributed by atoms with E-state index in [0.29, 0.717) is 28.2 Å². The molecule has 0 atom stereocenters. The minimum Gasteiger partial charge on any atom is -0.321 e. The van der Waals surface area contributed by atoms with E-state index in [1.165, 1.54) is 12.1 Å². The fourth-order valence-electron chi connectivity index (χ4n) is 2.71. The third-order valence-electron chi connectivity index (χ3n) is 4.35. The van der Waals surface area contributed by atoms with Crippen molar-refractivity contribution in [2.75, 3.05) is 11.6 Å². The molecule has 0 aliphatic rings. The fraction of sp³-hybridized carbons (Fsp3) is 0.250. The van der Waals surface area contributed by atoms with Crippen LogP contribution in [0.3, 0.4) is 0 Å². The number of sulfone groups is 1. The van der Waals surface area contributed by atoms with E-state index in [2.05, 4.69) is 20.5 Å². The van der Waals surface area contributed by atoms with Crippen LogP contribution >= 0.6 is 0 Å². The molecule has 0 saturated carbocycles. The first kappa shape index (κ1) is 19.8. The summed E-state index contributed by atoms with van der Waals surface area (Å²) in [5, 5.41) is 10.0. The first-order chi connectivity index (χ1) is 13.2. The van der Waals surface area contributed by atoms with Gasteiger partial charge in [0.15, 0.2) is 15.7 Å². The summed E-state index contributed by atoms with van der Waals surface area (Å²) < 4.78 is 23.6. The minimum atomic E-state index is -3.41. The number of H-pyrrole nitrogens is 1. The summed E-state index contributed by atoms with van der Waals surface area (Å²) in [6.45, 7) is 5.78. The number of carbonyl (C=O) groups is 1. The molecule has 1 amide bonds. The van der Waals surface area contributed by atoms with Crippen molar-refractivity contribution in [2.45, 2.75) is 31.6 Å². The highest BCUT2D eigenvalue weighted by Gasteiger charge is 2.17. The van der Waals surface area contributed by atoms with E-state index >= 15 is 0 Å². The molecule has 0 aliphatic heterocycles. The normalized spacial score (nSPS) is 11.6. The lowest BCUT2D eigenvalue weighted by molar-refractivity contribution is 0.102. The topological polar surface area (TPSA) is 105 Å². The summed E-state index contributed by atoms with van der Waals surface area (Å²) >= 11 is 0. The zero-order valence-corrected chi connectivity index (χ0v) is 17.0. The van der Waals surface area contributed by atoms with Gasteiger partial charge in [-0.1, -0.05) is 32.0 Å². The van der Waals surface area contributed by atoms with Crippen molar-refractivity contribution in [2.24, 2.45) is 0 Å². The van der Waals surface area contributed by atoms with Crippen LogP contribution < -0.4 is 5.32 Å². The zero-order valence-electron chi connectivity index (χ0n) is 16.1. The largest absolute Gasteiger partial charge is 0.321 e. The van der Waals surface area contributed by atoms with E-state index in [9.17, 15) is 13.2 Å². The van der Waals surface area contributed by atoms with Crippen LogP contribution in [0.4, 0.5) is 5.69 Å². The van der Waals surface area contributed by atoms with Crippen LogP contribution in [0, 0.1) is 6.92 Å². The molecule has 3 rings (SSSR count). The maximum absolute atomic E-state index is 12.9. The average molecular weight is 398 g/mol. The summed E-state index contributed by atoms with van der Waals surface area (Å²) in [5.74, 6) is 1.05. The maximum atomic E-state index is 12.9. The molecule has 0 saturated heterocycles. The number of hydrogen-bond acceptors (Lipinski definition) is 5. The molecule has 0 fully saturated rings. The molecule has 2 N–H and O–H groups in total. The van der Waals surface area contributed by atoms with Gasteiger partial charge in [-0.3, -0.25) is 9.89 Å². The van der Waals surface area contributed by atoms with Crippen molar-refractivity contribution in [1.29, 1.82) is 0 Å². The van der Waals surface area contributed by atoms with E-state index in [1.54, 1.807) is 25.1 Å². The van der Waals surface area contributed by atoms with Gasteiger partial charge >= 0.3 is 0 Å². The van der Waals surface area contributed by atoms with Crippen LogP contribution in [-0.2, 0) is 9.84 Å². The van der Waals surface area contributed by atoms with Gasteiger partial charge in [-0.25, -0.2) is 13.4 Å². The Morgan fingerprint density at radius 1 is 1.14 bits per heavy atom. The van der Waals surface area contributed by atoms with Crippen molar-refractivity contribution < 1.29 is 13.2 Å². The smallest absolute Gasteiger partial charge is 0.255 e. The molecule has 1 heterocycles. The molecule has 0 spiro atoms. The molecular formula is C20H22N4O3S. The Labute approximate surface area is 164 Å². The second-order valence-electron chi connectivity index (χ2n) is 6.95. The van der Waals surface area contributed by atoms with E-state index in [1.807, 2.05) is 26.0 Å². The Morgan fingerprint density at radius 2 is 1.86 bits per heavy atom. The van der Waals surface area contributed by atoms with Crippen LogP contribution in [0.5, 0.6) is 0 Å². The lowest BCUT2D eigenvalue weighted by Gasteiger charge is -2.11. The van der Waals surface area contributed by atoms with Gasteiger partial charge in [0.1, 0.15) is 5.82 Å². The number of hydrogen-bond donors (Lipinski definition) is 2. The molecular weight excluding hydrogens is 376 g/mol. The Morgan fingerprint density at radius 3 is 2.50 bits per heavy atom. The van der Waals surface area contributed by atoms with Crippen LogP contribution in [0.25, 0.3) is 11.4 Å². The molecule has 146 valence electrons. The van der Waals surface area contributed by atoms with Crippen molar-refractivity contribution in [3.05, 3.63) is 59.4 Å². The Bertz CT molecular complexity index is 1130. The molecule has 1 aromatic heterocycles. The Hall–Kier alpha value is -3.00. The van der Waals surface area contributed by atoms with E-state index < -0.39 is 15.7 Å². The lowest BCUT2D eigenvalue weighted by Crippen LogP contribution is -2.15.